The first-order valence-electron chi connectivity index (χ1n) is 5.87. The smallest absolute Gasteiger partial charge is 0.220 e. The van der Waals surface area contributed by atoms with E-state index < -0.39 is 0 Å². The van der Waals surface area contributed by atoms with Crippen molar-refractivity contribution in [3.63, 3.8) is 0 Å². The Morgan fingerprint density at radius 3 is 2.21 bits per heavy atom. The van der Waals surface area contributed by atoms with Crippen molar-refractivity contribution in [1.82, 2.24) is 5.32 Å². The number of halogens is 1. The van der Waals surface area contributed by atoms with Crippen molar-refractivity contribution in [2.45, 2.75) is 18.9 Å². The van der Waals surface area contributed by atoms with E-state index in [4.69, 9.17) is 5.73 Å². The van der Waals surface area contributed by atoms with Gasteiger partial charge in [0.25, 0.3) is 0 Å². The monoisotopic (exact) mass is 316 g/mol. The zero-order chi connectivity index (χ0) is 12.8. The lowest BCUT2D eigenvalue weighted by Gasteiger charge is -2.16. The minimum absolute atomic E-state index is 0. The summed E-state index contributed by atoms with van der Waals surface area (Å²) >= 11 is 3.32. The zero-order valence-corrected chi connectivity index (χ0v) is 12.8. The highest BCUT2D eigenvalue weighted by Gasteiger charge is 2.18. The predicted octanol–water partition coefficient (Wildman–Crippen LogP) is 3.18. The molecular weight excluding hydrogens is 300 g/mol. The van der Waals surface area contributed by atoms with Gasteiger partial charge in [0.15, 0.2) is 0 Å². The molecule has 3 nitrogen and oxygen atoms in total. The maximum Gasteiger partial charge on any atom is 0.220 e. The minimum atomic E-state index is -0.0183. The van der Waals surface area contributed by atoms with Crippen LogP contribution in [0.25, 0.3) is 0 Å². The van der Waals surface area contributed by atoms with E-state index in [1.54, 1.807) is 22.7 Å². The van der Waals surface area contributed by atoms with E-state index >= 15 is 0 Å². The van der Waals surface area contributed by atoms with E-state index in [9.17, 15) is 4.79 Å². The first-order valence-corrected chi connectivity index (χ1v) is 7.63. The number of rotatable bonds is 6. The summed E-state index contributed by atoms with van der Waals surface area (Å²) in [7, 11) is 0. The molecule has 0 fully saturated rings. The Morgan fingerprint density at radius 1 is 1.21 bits per heavy atom. The highest BCUT2D eigenvalue weighted by molar-refractivity contribution is 7.11. The number of nitrogens with one attached hydrogen (secondary N) is 1. The molecule has 2 aromatic heterocycles. The molecule has 2 aromatic rings. The Labute approximate surface area is 127 Å². The van der Waals surface area contributed by atoms with Crippen LogP contribution in [0, 0.1) is 0 Å². The van der Waals surface area contributed by atoms with E-state index in [1.807, 2.05) is 22.9 Å². The molecule has 2 rings (SSSR count). The molecule has 19 heavy (non-hydrogen) atoms. The van der Waals surface area contributed by atoms with Gasteiger partial charge in [0.2, 0.25) is 5.91 Å². The second kappa shape index (κ2) is 8.32. The zero-order valence-electron chi connectivity index (χ0n) is 10.4. The Balaban J connectivity index is 0.00000180. The average molecular weight is 317 g/mol. The van der Waals surface area contributed by atoms with Gasteiger partial charge in [-0.2, -0.15) is 0 Å². The number of carbonyl (C=O) groups is 1. The molecule has 0 saturated carbocycles. The summed E-state index contributed by atoms with van der Waals surface area (Å²) in [4.78, 5) is 14.2. The summed E-state index contributed by atoms with van der Waals surface area (Å²) < 4.78 is 0. The van der Waals surface area contributed by atoms with E-state index in [1.165, 1.54) is 9.75 Å². The van der Waals surface area contributed by atoms with Gasteiger partial charge in [-0.05, 0) is 35.9 Å². The quantitative estimate of drug-likeness (QED) is 0.860. The van der Waals surface area contributed by atoms with Gasteiger partial charge >= 0.3 is 0 Å². The fourth-order valence-corrected chi connectivity index (χ4v) is 3.35. The van der Waals surface area contributed by atoms with Crippen LogP contribution in [0.15, 0.2) is 35.0 Å². The Hall–Kier alpha value is -0.880. The molecule has 104 valence electrons. The van der Waals surface area contributed by atoms with Crippen LogP contribution in [0.5, 0.6) is 0 Å². The fourth-order valence-electron chi connectivity index (χ4n) is 1.69. The summed E-state index contributed by atoms with van der Waals surface area (Å²) in [6, 6.07) is 8.10. The number of hydrogen-bond donors (Lipinski definition) is 2. The third kappa shape index (κ3) is 4.62. The molecular formula is C13H17ClN2OS2. The number of amides is 1. The van der Waals surface area contributed by atoms with Crippen molar-refractivity contribution in [1.29, 1.82) is 0 Å². The Morgan fingerprint density at radius 2 is 1.79 bits per heavy atom. The molecule has 0 atom stereocenters. The van der Waals surface area contributed by atoms with E-state index in [2.05, 4.69) is 17.4 Å². The Kier molecular flexibility index (Phi) is 7.09. The number of nitrogens with two attached hydrogens (primary N) is 1. The van der Waals surface area contributed by atoms with E-state index in [0.717, 1.165) is 6.42 Å². The molecule has 3 N–H and O–H groups in total. The number of thiophene rings is 2. The standard InChI is InChI=1S/C13H16N2OS2.ClH/c14-7-1-6-12(16)15-13(10-4-2-8-17-10)11-5-3-9-18-11;/h2-5,8-9,13H,1,6-7,14H2,(H,15,16);1H. The molecule has 0 radical (unpaired) electrons. The third-order valence-electron chi connectivity index (χ3n) is 2.57. The van der Waals surface area contributed by atoms with Crippen molar-refractivity contribution in [3.8, 4) is 0 Å². The molecule has 6 heteroatoms. The molecule has 0 aliphatic rings. The number of hydrogen-bond acceptors (Lipinski definition) is 4. The van der Waals surface area contributed by atoms with Crippen molar-refractivity contribution < 1.29 is 4.79 Å². The van der Waals surface area contributed by atoms with E-state index in [0.29, 0.717) is 13.0 Å². The summed E-state index contributed by atoms with van der Waals surface area (Å²) in [6.07, 6.45) is 1.22. The lowest BCUT2D eigenvalue weighted by Crippen LogP contribution is -2.28. The molecule has 0 aliphatic heterocycles. The van der Waals surface area contributed by atoms with Crippen LogP contribution in [0.4, 0.5) is 0 Å². The highest BCUT2D eigenvalue weighted by Crippen LogP contribution is 2.29. The summed E-state index contributed by atoms with van der Waals surface area (Å²) in [6.45, 7) is 0.552. The maximum atomic E-state index is 11.8. The van der Waals surface area contributed by atoms with Gasteiger partial charge in [-0.3, -0.25) is 4.79 Å². The van der Waals surface area contributed by atoms with Crippen molar-refractivity contribution in [2.75, 3.05) is 6.54 Å². The molecule has 0 saturated heterocycles. The van der Waals surface area contributed by atoms with Gasteiger partial charge in [0.1, 0.15) is 0 Å². The van der Waals surface area contributed by atoms with Gasteiger partial charge in [0.05, 0.1) is 6.04 Å². The van der Waals surface area contributed by atoms with Crippen LogP contribution in [0.1, 0.15) is 28.6 Å². The molecule has 0 aromatic carbocycles. The lowest BCUT2D eigenvalue weighted by atomic mass is 10.2. The van der Waals surface area contributed by atoms with Crippen LogP contribution >= 0.6 is 35.1 Å². The topological polar surface area (TPSA) is 55.1 Å². The fraction of sp³-hybridized carbons (Fsp3) is 0.308. The minimum Gasteiger partial charge on any atom is -0.344 e. The van der Waals surface area contributed by atoms with Crippen LogP contribution in [-0.2, 0) is 4.79 Å². The largest absolute Gasteiger partial charge is 0.344 e. The van der Waals surface area contributed by atoms with Crippen molar-refractivity contribution in [2.24, 2.45) is 5.73 Å². The van der Waals surface area contributed by atoms with Crippen LogP contribution in [-0.4, -0.2) is 12.5 Å². The van der Waals surface area contributed by atoms with Crippen LogP contribution < -0.4 is 11.1 Å². The molecule has 2 heterocycles. The SMILES string of the molecule is Cl.NCCCC(=O)NC(c1cccs1)c1cccs1. The summed E-state index contributed by atoms with van der Waals surface area (Å²) in [5.41, 5.74) is 5.42. The lowest BCUT2D eigenvalue weighted by molar-refractivity contribution is -0.121. The van der Waals surface area contributed by atoms with E-state index in [-0.39, 0.29) is 24.4 Å². The molecule has 0 unspecified atom stereocenters. The van der Waals surface area contributed by atoms with Gasteiger partial charge in [-0.25, -0.2) is 0 Å². The summed E-state index contributed by atoms with van der Waals surface area (Å²) in [5, 5.41) is 7.14. The van der Waals surface area contributed by atoms with Crippen LogP contribution in [0.3, 0.4) is 0 Å². The maximum absolute atomic E-state index is 11.8. The van der Waals surface area contributed by atoms with Crippen molar-refractivity contribution in [3.05, 3.63) is 44.8 Å². The molecule has 0 aliphatic carbocycles. The van der Waals surface area contributed by atoms with Gasteiger partial charge < -0.3 is 11.1 Å². The molecule has 0 spiro atoms. The summed E-state index contributed by atoms with van der Waals surface area (Å²) in [5.74, 6) is 0.0623. The molecule has 0 bridgehead atoms. The second-order valence-electron chi connectivity index (χ2n) is 3.92. The van der Waals surface area contributed by atoms with Gasteiger partial charge in [0, 0.05) is 16.2 Å². The normalized spacial score (nSPS) is 10.2. The predicted molar refractivity (Wildman–Crippen MR) is 84.2 cm³/mol. The number of carbonyl (C=O) groups excluding carboxylic acids is 1. The average Bonchev–Trinajstić information content (AvgIpc) is 3.05. The second-order valence-corrected chi connectivity index (χ2v) is 5.88. The van der Waals surface area contributed by atoms with Crippen LogP contribution in [0.2, 0.25) is 0 Å². The first-order chi connectivity index (χ1) is 8.81. The third-order valence-corrected chi connectivity index (χ3v) is 4.44. The Bertz CT molecular complexity index is 437. The van der Waals surface area contributed by atoms with Gasteiger partial charge in [-0.15, -0.1) is 35.1 Å². The van der Waals surface area contributed by atoms with Gasteiger partial charge in [-0.1, -0.05) is 12.1 Å². The first kappa shape index (κ1) is 16.2. The molecule has 1 amide bonds. The highest BCUT2D eigenvalue weighted by atomic mass is 35.5. The van der Waals surface area contributed by atoms with Crippen molar-refractivity contribution >= 4 is 41.0 Å².